The summed E-state index contributed by atoms with van der Waals surface area (Å²) in [7, 11) is 0. The van der Waals surface area contributed by atoms with Crippen LogP contribution in [0.15, 0.2) is 18.2 Å². The Labute approximate surface area is 107 Å². The first-order chi connectivity index (χ1) is 8.79. The van der Waals surface area contributed by atoms with Gasteiger partial charge in [0.25, 0.3) is 0 Å². The second-order valence-electron chi connectivity index (χ2n) is 4.35. The molecule has 18 heavy (non-hydrogen) atoms. The molecule has 0 spiro atoms. The van der Waals surface area contributed by atoms with Gasteiger partial charge in [-0.25, -0.2) is 10.8 Å². The maximum Gasteiger partial charge on any atom is 0.241 e. The van der Waals surface area contributed by atoms with Crippen molar-refractivity contribution in [3.05, 3.63) is 18.2 Å². The van der Waals surface area contributed by atoms with E-state index in [0.717, 1.165) is 25.9 Å². The van der Waals surface area contributed by atoms with Crippen LogP contribution in [0, 0.1) is 0 Å². The van der Waals surface area contributed by atoms with Crippen molar-refractivity contribution >= 4 is 17.5 Å². The average molecular weight is 249 g/mol. The summed E-state index contributed by atoms with van der Waals surface area (Å²) in [5.74, 6) is 6.63. The lowest BCUT2D eigenvalue weighted by molar-refractivity contribution is -0.130. The third-order valence-corrected chi connectivity index (χ3v) is 3.03. The van der Waals surface area contributed by atoms with Crippen molar-refractivity contribution in [2.75, 3.05) is 30.4 Å². The zero-order valence-corrected chi connectivity index (χ0v) is 10.4. The van der Waals surface area contributed by atoms with E-state index in [1.165, 1.54) is 6.42 Å². The topological polar surface area (TPSA) is 83.3 Å². The molecular weight excluding hydrogens is 230 g/mol. The Hall–Kier alpha value is -1.82. The van der Waals surface area contributed by atoms with Gasteiger partial charge in [-0.15, -0.1) is 0 Å². The number of piperidine rings is 1. The second-order valence-corrected chi connectivity index (χ2v) is 4.35. The molecule has 0 aliphatic carbocycles. The number of nitrogens with one attached hydrogen (secondary N) is 2. The summed E-state index contributed by atoms with van der Waals surface area (Å²) in [5.41, 5.74) is 2.47. The number of nitrogen functional groups attached to an aromatic ring is 1. The highest BCUT2D eigenvalue weighted by molar-refractivity contribution is 5.80. The van der Waals surface area contributed by atoms with Crippen LogP contribution in [0.4, 0.5) is 11.6 Å². The number of nitrogens with zero attached hydrogens (tertiary/aromatic N) is 2. The zero-order chi connectivity index (χ0) is 12.8. The van der Waals surface area contributed by atoms with E-state index < -0.39 is 0 Å². The number of nitrogens with two attached hydrogens (primary N) is 1. The van der Waals surface area contributed by atoms with Crippen molar-refractivity contribution in [3.8, 4) is 0 Å². The van der Waals surface area contributed by atoms with Gasteiger partial charge in [0.2, 0.25) is 5.91 Å². The Morgan fingerprint density at radius 2 is 2.00 bits per heavy atom. The van der Waals surface area contributed by atoms with Crippen molar-refractivity contribution in [2.24, 2.45) is 5.84 Å². The van der Waals surface area contributed by atoms with Crippen molar-refractivity contribution in [1.82, 2.24) is 9.88 Å². The van der Waals surface area contributed by atoms with Crippen LogP contribution in [-0.2, 0) is 4.79 Å². The van der Waals surface area contributed by atoms with E-state index in [1.54, 1.807) is 6.07 Å². The predicted octanol–water partition coefficient (Wildman–Crippen LogP) is 0.792. The van der Waals surface area contributed by atoms with Gasteiger partial charge in [-0.3, -0.25) is 4.79 Å². The number of carbonyl (C=O) groups excluding carboxylic acids is 1. The molecule has 2 heterocycles. The minimum atomic E-state index is 0.127. The number of amides is 1. The Kier molecular flexibility index (Phi) is 4.35. The van der Waals surface area contributed by atoms with Crippen LogP contribution in [0.3, 0.4) is 0 Å². The van der Waals surface area contributed by atoms with Gasteiger partial charge in [-0.1, -0.05) is 6.07 Å². The van der Waals surface area contributed by atoms with Gasteiger partial charge in [0.05, 0.1) is 6.54 Å². The standard InChI is InChI=1S/C12H19N5O/c13-16-11-6-4-5-10(15-11)14-9-12(18)17-7-2-1-3-8-17/h4-6H,1-3,7-9,13H2,(H2,14,15,16). The van der Waals surface area contributed by atoms with Crippen molar-refractivity contribution < 1.29 is 4.79 Å². The average Bonchev–Trinajstić information content (AvgIpc) is 2.46. The minimum Gasteiger partial charge on any atom is -0.361 e. The first kappa shape index (κ1) is 12.6. The predicted molar refractivity (Wildman–Crippen MR) is 71.0 cm³/mol. The smallest absolute Gasteiger partial charge is 0.241 e. The largest absolute Gasteiger partial charge is 0.361 e. The molecule has 1 amide bonds. The van der Waals surface area contributed by atoms with E-state index in [4.69, 9.17) is 5.84 Å². The molecule has 4 N–H and O–H groups in total. The molecule has 0 saturated carbocycles. The molecule has 1 aromatic heterocycles. The van der Waals surface area contributed by atoms with Gasteiger partial charge in [-0.2, -0.15) is 0 Å². The lowest BCUT2D eigenvalue weighted by Gasteiger charge is -2.26. The van der Waals surface area contributed by atoms with E-state index in [9.17, 15) is 4.79 Å². The van der Waals surface area contributed by atoms with Gasteiger partial charge in [0.1, 0.15) is 11.6 Å². The van der Waals surface area contributed by atoms with Crippen LogP contribution in [0.25, 0.3) is 0 Å². The molecule has 1 aromatic rings. The third kappa shape index (κ3) is 3.33. The lowest BCUT2D eigenvalue weighted by atomic mass is 10.1. The van der Waals surface area contributed by atoms with E-state index >= 15 is 0 Å². The van der Waals surface area contributed by atoms with Gasteiger partial charge >= 0.3 is 0 Å². The molecule has 0 atom stereocenters. The number of anilines is 2. The van der Waals surface area contributed by atoms with Gasteiger partial charge < -0.3 is 15.6 Å². The summed E-state index contributed by atoms with van der Waals surface area (Å²) in [5, 5.41) is 3.02. The molecule has 1 fully saturated rings. The first-order valence-electron chi connectivity index (χ1n) is 6.25. The summed E-state index contributed by atoms with van der Waals surface area (Å²) in [6, 6.07) is 5.40. The molecule has 98 valence electrons. The van der Waals surface area contributed by atoms with Crippen LogP contribution in [-0.4, -0.2) is 35.4 Å². The zero-order valence-electron chi connectivity index (χ0n) is 10.4. The number of hydrogen-bond donors (Lipinski definition) is 3. The number of hydrogen-bond acceptors (Lipinski definition) is 5. The Bertz CT molecular complexity index is 403. The number of likely N-dealkylation sites (tertiary alicyclic amines) is 1. The summed E-state index contributed by atoms with van der Waals surface area (Å²) in [6.07, 6.45) is 3.44. The number of aromatic nitrogens is 1. The van der Waals surface area contributed by atoms with Crippen LogP contribution >= 0.6 is 0 Å². The van der Waals surface area contributed by atoms with E-state index in [0.29, 0.717) is 11.6 Å². The monoisotopic (exact) mass is 249 g/mol. The van der Waals surface area contributed by atoms with Crippen LogP contribution in [0.1, 0.15) is 19.3 Å². The van der Waals surface area contributed by atoms with Gasteiger partial charge in [0.15, 0.2) is 0 Å². The van der Waals surface area contributed by atoms with Crippen LogP contribution < -0.4 is 16.6 Å². The fraction of sp³-hybridized carbons (Fsp3) is 0.500. The fourth-order valence-corrected chi connectivity index (χ4v) is 2.03. The summed E-state index contributed by atoms with van der Waals surface area (Å²) >= 11 is 0. The fourth-order valence-electron chi connectivity index (χ4n) is 2.03. The van der Waals surface area contributed by atoms with Crippen molar-refractivity contribution in [2.45, 2.75) is 19.3 Å². The molecule has 1 aliphatic rings. The molecular formula is C12H19N5O. The number of hydrazine groups is 1. The lowest BCUT2D eigenvalue weighted by Crippen LogP contribution is -2.39. The van der Waals surface area contributed by atoms with E-state index in [1.807, 2.05) is 17.0 Å². The van der Waals surface area contributed by atoms with E-state index in [-0.39, 0.29) is 12.5 Å². The van der Waals surface area contributed by atoms with Crippen molar-refractivity contribution in [1.29, 1.82) is 0 Å². The molecule has 2 rings (SSSR count). The number of pyridine rings is 1. The van der Waals surface area contributed by atoms with Crippen molar-refractivity contribution in [3.63, 3.8) is 0 Å². The Morgan fingerprint density at radius 3 is 2.72 bits per heavy atom. The summed E-state index contributed by atoms with van der Waals surface area (Å²) < 4.78 is 0. The maximum atomic E-state index is 11.9. The molecule has 6 nitrogen and oxygen atoms in total. The number of carbonyl (C=O) groups is 1. The molecule has 0 unspecified atom stereocenters. The quantitative estimate of drug-likeness (QED) is 0.543. The Balaban J connectivity index is 1.84. The normalized spacial score (nSPS) is 15.3. The van der Waals surface area contributed by atoms with Gasteiger partial charge in [-0.05, 0) is 31.4 Å². The summed E-state index contributed by atoms with van der Waals surface area (Å²) in [4.78, 5) is 18.0. The summed E-state index contributed by atoms with van der Waals surface area (Å²) in [6.45, 7) is 2.03. The molecule has 0 radical (unpaired) electrons. The SMILES string of the molecule is NNc1cccc(NCC(=O)N2CCCCC2)n1. The first-order valence-corrected chi connectivity index (χ1v) is 6.25. The van der Waals surface area contributed by atoms with Crippen LogP contribution in [0.5, 0.6) is 0 Å². The van der Waals surface area contributed by atoms with Gasteiger partial charge in [0, 0.05) is 13.1 Å². The highest BCUT2D eigenvalue weighted by Gasteiger charge is 2.15. The molecule has 0 bridgehead atoms. The minimum absolute atomic E-state index is 0.127. The Morgan fingerprint density at radius 1 is 1.28 bits per heavy atom. The molecule has 6 heteroatoms. The number of rotatable bonds is 4. The molecule has 1 saturated heterocycles. The molecule has 1 aliphatic heterocycles. The second kappa shape index (κ2) is 6.20. The highest BCUT2D eigenvalue weighted by Crippen LogP contribution is 2.10. The molecule has 0 aromatic carbocycles. The van der Waals surface area contributed by atoms with Crippen LogP contribution in [0.2, 0.25) is 0 Å². The van der Waals surface area contributed by atoms with E-state index in [2.05, 4.69) is 15.7 Å². The maximum absolute atomic E-state index is 11.9. The highest BCUT2D eigenvalue weighted by atomic mass is 16.2. The third-order valence-electron chi connectivity index (χ3n) is 3.03.